The van der Waals surface area contributed by atoms with E-state index >= 15 is 0 Å². The van der Waals surface area contributed by atoms with E-state index in [0.29, 0.717) is 0 Å². The van der Waals surface area contributed by atoms with Crippen LogP contribution in [-0.2, 0) is 29.2 Å². The molecule has 0 radical (unpaired) electrons. The maximum Gasteiger partial charge on any atom is 0.460 e. The van der Waals surface area contributed by atoms with Gasteiger partial charge in [-0.05, 0) is 6.42 Å². The van der Waals surface area contributed by atoms with Gasteiger partial charge in [0.25, 0.3) is 10.1 Å². The molecule has 7 nitrogen and oxygen atoms in total. The molecule has 1 N–H and O–H groups in total. The highest BCUT2D eigenvalue weighted by Gasteiger charge is 2.92. The number of hydrogen-bond acceptors (Lipinski definition) is 6. The number of halogens is 26. The number of alkyl halides is 26. The summed E-state index contributed by atoms with van der Waals surface area (Å²) in [6, 6.07) is 0. The lowest BCUT2D eigenvalue weighted by Crippen LogP contribution is -2.70. The topological polar surface area (TPSA) is 107 Å². The van der Waals surface area contributed by atoms with Crippen LogP contribution >= 0.6 is 0 Å². The molecule has 328 valence electrons. The van der Waals surface area contributed by atoms with Gasteiger partial charge in [-0.25, -0.2) is 0 Å². The van der Waals surface area contributed by atoms with E-state index in [-0.39, 0.29) is 0 Å². The molecule has 0 aliphatic carbocycles. The predicted octanol–water partition coefficient (Wildman–Crippen LogP) is 8.37. The third-order valence-electron chi connectivity index (χ3n) is 6.57. The number of ether oxygens (including phenoxy) is 2. The monoisotopic (exact) mass is 904 g/mol. The molecule has 0 fully saturated rings. The zero-order chi connectivity index (χ0) is 44.9. The van der Waals surface area contributed by atoms with E-state index in [1.165, 1.54) is 0 Å². The van der Waals surface area contributed by atoms with Gasteiger partial charge in [-0.1, -0.05) is 0 Å². The Labute approximate surface area is 285 Å². The van der Waals surface area contributed by atoms with Crippen molar-refractivity contribution in [1.82, 2.24) is 0 Å². The number of carbonyl (C=O) groups excluding carboxylic acids is 2. The summed E-state index contributed by atoms with van der Waals surface area (Å²) < 4.78 is 379. The summed E-state index contributed by atoms with van der Waals surface area (Å²) in [5, 5.41) is -3.41. The van der Waals surface area contributed by atoms with Crippen LogP contribution in [0.3, 0.4) is 0 Å². The smallest absolute Gasteiger partial charge is 0.460 e. The summed E-state index contributed by atoms with van der Waals surface area (Å²) in [5.74, 6) is -83.8. The summed E-state index contributed by atoms with van der Waals surface area (Å²) in [7, 11) is -6.09. The van der Waals surface area contributed by atoms with Gasteiger partial charge in [-0.3, -0.25) is 14.1 Å². The summed E-state index contributed by atoms with van der Waals surface area (Å²) in [6.45, 7) is -5.06. The highest BCUT2D eigenvalue weighted by Crippen LogP contribution is 2.62. The van der Waals surface area contributed by atoms with Crippen LogP contribution in [0.15, 0.2) is 0 Å². The van der Waals surface area contributed by atoms with Crippen LogP contribution in [0.4, 0.5) is 114 Å². The van der Waals surface area contributed by atoms with Gasteiger partial charge in [0.15, 0.2) is 5.25 Å². The Bertz CT molecular complexity index is 1480. The SMILES string of the molecule is O=C(CCC(C(=O)OCCC(F)(F)C(F)(F)C(F)(F)C(F)(F)C(F)(F)C(F)(F)F)S(=O)(=O)O)OCCC(F)(F)C(F)(F)C(F)(F)C(F)(F)C(F)(F)C(F)(F)F. The first-order valence-corrected chi connectivity index (χ1v) is 14.3. The highest BCUT2D eigenvalue weighted by atomic mass is 32.2. The predicted molar refractivity (Wildman–Crippen MR) is 117 cm³/mol. The van der Waals surface area contributed by atoms with Crippen LogP contribution < -0.4 is 0 Å². The van der Waals surface area contributed by atoms with Crippen molar-refractivity contribution in [3.05, 3.63) is 0 Å². The second-order valence-electron chi connectivity index (χ2n) is 10.4. The number of esters is 2. The van der Waals surface area contributed by atoms with Crippen molar-refractivity contribution < 1.29 is 146 Å². The quantitative estimate of drug-likeness (QED) is 0.0790. The summed E-state index contributed by atoms with van der Waals surface area (Å²) in [6.07, 6.45) is -25.7. The lowest BCUT2D eigenvalue weighted by atomic mass is 9.93. The van der Waals surface area contributed by atoms with E-state index in [1.807, 2.05) is 0 Å². The largest absolute Gasteiger partial charge is 0.465 e. The van der Waals surface area contributed by atoms with E-state index in [4.69, 9.17) is 4.55 Å². The normalized spacial score (nSPS) is 16.2. The van der Waals surface area contributed by atoms with Gasteiger partial charge < -0.3 is 9.47 Å². The van der Waals surface area contributed by atoms with Gasteiger partial charge in [0.05, 0.1) is 26.1 Å². The van der Waals surface area contributed by atoms with Crippen LogP contribution in [0.25, 0.3) is 0 Å². The Morgan fingerprint density at radius 3 is 1.00 bits per heavy atom. The third kappa shape index (κ3) is 9.11. The highest BCUT2D eigenvalue weighted by molar-refractivity contribution is 7.87. The molecule has 1 unspecified atom stereocenters. The molecule has 0 saturated carbocycles. The van der Waals surface area contributed by atoms with Gasteiger partial charge in [0.2, 0.25) is 0 Å². The van der Waals surface area contributed by atoms with E-state index in [2.05, 4.69) is 9.47 Å². The molecule has 0 saturated heterocycles. The van der Waals surface area contributed by atoms with Crippen molar-refractivity contribution in [3.63, 3.8) is 0 Å². The van der Waals surface area contributed by atoms with Crippen molar-refractivity contribution in [2.45, 2.75) is 103 Å². The minimum atomic E-state index is -8.34. The van der Waals surface area contributed by atoms with Crippen LogP contribution in [-0.4, -0.2) is 115 Å². The lowest BCUT2D eigenvalue weighted by molar-refractivity contribution is -0.440. The average Bonchev–Trinajstić information content (AvgIpc) is 2.94. The molecule has 0 rings (SSSR count). The van der Waals surface area contributed by atoms with E-state index in [0.717, 1.165) is 0 Å². The molecule has 0 heterocycles. The summed E-state index contributed by atoms with van der Waals surface area (Å²) in [4.78, 5) is 23.4. The fourth-order valence-electron chi connectivity index (χ4n) is 3.29. The number of rotatable bonds is 19. The zero-order valence-corrected chi connectivity index (χ0v) is 25.8. The van der Waals surface area contributed by atoms with Crippen molar-refractivity contribution in [2.75, 3.05) is 13.2 Å². The number of hydrogen-bond donors (Lipinski definition) is 1. The van der Waals surface area contributed by atoms with Crippen LogP contribution in [0.1, 0.15) is 25.7 Å². The molecule has 0 aliphatic heterocycles. The summed E-state index contributed by atoms with van der Waals surface area (Å²) in [5.41, 5.74) is 0. The third-order valence-corrected chi connectivity index (χ3v) is 7.72. The minimum Gasteiger partial charge on any atom is -0.465 e. The molecular formula is C21H14F26O7S. The maximum absolute atomic E-state index is 13.8. The van der Waals surface area contributed by atoms with Crippen molar-refractivity contribution >= 4 is 22.1 Å². The Hall–Kier alpha value is -2.97. The standard InChI is InChI=1S/C21H14F26O7S/c22-10(23,12(26,27)14(30,31)16(34,35)18(38,39)20(42,43)44)3-5-53-8(48)2-1-7(55(50,51)52)9(49)54-6-4-11(24,25)13(28,29)15(32,33)17(36,37)19(40,41)21(45,46)47/h7H,1-6H2,(H,50,51,52). The molecule has 34 heteroatoms. The second-order valence-corrected chi connectivity index (χ2v) is 12.0. The maximum atomic E-state index is 13.8. The van der Waals surface area contributed by atoms with Crippen molar-refractivity contribution in [2.24, 2.45) is 0 Å². The lowest BCUT2D eigenvalue weighted by Gasteiger charge is -2.39. The Kier molecular flexibility index (Phi) is 14.3. The van der Waals surface area contributed by atoms with Crippen LogP contribution in [0.5, 0.6) is 0 Å². The Morgan fingerprint density at radius 2 is 0.727 bits per heavy atom. The molecule has 0 amide bonds. The zero-order valence-electron chi connectivity index (χ0n) is 25.0. The Balaban J connectivity index is 5.76. The van der Waals surface area contributed by atoms with E-state index in [9.17, 15) is 132 Å². The van der Waals surface area contributed by atoms with Gasteiger partial charge >= 0.3 is 83.5 Å². The molecular weight excluding hydrogens is 890 g/mol. The van der Waals surface area contributed by atoms with Gasteiger partial charge in [-0.15, -0.1) is 0 Å². The summed E-state index contributed by atoms with van der Waals surface area (Å²) >= 11 is 0. The Morgan fingerprint density at radius 1 is 0.455 bits per heavy atom. The first kappa shape index (κ1) is 52.0. The molecule has 0 aliphatic rings. The molecule has 0 bridgehead atoms. The number of carbonyl (C=O) groups is 2. The first-order chi connectivity index (χ1) is 23.6. The van der Waals surface area contributed by atoms with Crippen LogP contribution in [0, 0.1) is 0 Å². The average molecular weight is 904 g/mol. The molecule has 0 spiro atoms. The first-order valence-electron chi connectivity index (χ1n) is 12.8. The fourth-order valence-corrected chi connectivity index (χ4v) is 4.02. The molecule has 0 aromatic carbocycles. The van der Waals surface area contributed by atoms with Gasteiger partial charge in [-0.2, -0.15) is 123 Å². The van der Waals surface area contributed by atoms with Gasteiger partial charge in [0.1, 0.15) is 0 Å². The molecule has 55 heavy (non-hydrogen) atoms. The van der Waals surface area contributed by atoms with Gasteiger partial charge in [0, 0.05) is 6.42 Å². The molecule has 1 atom stereocenters. The van der Waals surface area contributed by atoms with Crippen molar-refractivity contribution in [1.29, 1.82) is 0 Å². The van der Waals surface area contributed by atoms with Crippen LogP contribution in [0.2, 0.25) is 0 Å². The minimum absolute atomic E-state index is 1.88. The fraction of sp³-hybridized carbons (Fsp3) is 0.905. The molecule has 0 aromatic heterocycles. The van der Waals surface area contributed by atoms with Crippen molar-refractivity contribution in [3.8, 4) is 0 Å². The van der Waals surface area contributed by atoms with E-state index < -0.39 is 138 Å². The molecule has 0 aromatic rings. The second kappa shape index (κ2) is 15.1. The van der Waals surface area contributed by atoms with E-state index in [1.54, 1.807) is 0 Å².